The summed E-state index contributed by atoms with van der Waals surface area (Å²) in [4.78, 5) is 11.5. The molecule has 0 aliphatic heterocycles. The van der Waals surface area contributed by atoms with E-state index >= 15 is 0 Å². The van der Waals surface area contributed by atoms with Gasteiger partial charge < -0.3 is 14.8 Å². The maximum atomic E-state index is 11.5. The zero-order valence-electron chi connectivity index (χ0n) is 14.0. The number of hydrogen-bond donors (Lipinski definition) is 1. The predicted octanol–water partition coefficient (Wildman–Crippen LogP) is 3.32. The van der Waals surface area contributed by atoms with Crippen molar-refractivity contribution in [3.05, 3.63) is 23.8 Å². The van der Waals surface area contributed by atoms with E-state index in [2.05, 4.69) is 31.0 Å². The standard InChI is InChI=1S/C18H25NO3/c1-6-7-18(20)19-14(4)15-8-9-16(17(12-15)21-5)22-11-10-13(2)3/h8-9,12-14H,10-11H2,1-5H3,(H,19,20)/t14-/m0/s1. The minimum Gasteiger partial charge on any atom is -0.493 e. The minimum absolute atomic E-state index is 0.146. The topological polar surface area (TPSA) is 47.6 Å². The van der Waals surface area contributed by atoms with Gasteiger partial charge in [-0.05, 0) is 49.8 Å². The maximum Gasteiger partial charge on any atom is 0.296 e. The molecule has 22 heavy (non-hydrogen) atoms. The lowest BCUT2D eigenvalue weighted by Crippen LogP contribution is -2.25. The van der Waals surface area contributed by atoms with Gasteiger partial charge in [0.25, 0.3) is 5.91 Å². The van der Waals surface area contributed by atoms with E-state index in [4.69, 9.17) is 9.47 Å². The molecule has 0 unspecified atom stereocenters. The highest BCUT2D eigenvalue weighted by Crippen LogP contribution is 2.30. The first-order valence-electron chi connectivity index (χ1n) is 7.51. The van der Waals surface area contributed by atoms with Crippen molar-refractivity contribution >= 4 is 5.91 Å². The van der Waals surface area contributed by atoms with E-state index in [-0.39, 0.29) is 11.9 Å². The molecule has 0 bridgehead atoms. The van der Waals surface area contributed by atoms with Crippen LogP contribution in [0.1, 0.15) is 45.7 Å². The van der Waals surface area contributed by atoms with E-state index in [9.17, 15) is 4.79 Å². The molecule has 0 aromatic heterocycles. The van der Waals surface area contributed by atoms with Crippen molar-refractivity contribution in [1.29, 1.82) is 0 Å². The summed E-state index contributed by atoms with van der Waals surface area (Å²) in [6.45, 7) is 8.52. The summed E-state index contributed by atoms with van der Waals surface area (Å²) in [5, 5.41) is 2.82. The van der Waals surface area contributed by atoms with Crippen molar-refractivity contribution in [2.45, 2.75) is 40.2 Å². The van der Waals surface area contributed by atoms with Crippen LogP contribution in [0.5, 0.6) is 11.5 Å². The third-order valence-corrected chi connectivity index (χ3v) is 3.23. The average molecular weight is 303 g/mol. The summed E-state index contributed by atoms with van der Waals surface area (Å²) in [7, 11) is 1.61. The molecule has 1 N–H and O–H groups in total. The van der Waals surface area contributed by atoms with Crippen LogP contribution in [-0.2, 0) is 4.79 Å². The third-order valence-electron chi connectivity index (χ3n) is 3.23. The Morgan fingerprint density at radius 3 is 2.59 bits per heavy atom. The number of ether oxygens (including phenoxy) is 2. The van der Waals surface area contributed by atoms with E-state index in [1.807, 2.05) is 25.1 Å². The molecule has 0 saturated heterocycles. The molecule has 1 aromatic carbocycles. The number of carbonyl (C=O) groups is 1. The highest BCUT2D eigenvalue weighted by atomic mass is 16.5. The normalized spacial score (nSPS) is 11.4. The number of benzene rings is 1. The highest BCUT2D eigenvalue weighted by molar-refractivity contribution is 5.93. The van der Waals surface area contributed by atoms with Crippen LogP contribution >= 0.6 is 0 Å². The van der Waals surface area contributed by atoms with Gasteiger partial charge in [0.05, 0.1) is 19.8 Å². The van der Waals surface area contributed by atoms with Gasteiger partial charge in [0.2, 0.25) is 0 Å². The van der Waals surface area contributed by atoms with Crippen molar-refractivity contribution in [3.8, 4) is 23.3 Å². The zero-order valence-corrected chi connectivity index (χ0v) is 14.0. The van der Waals surface area contributed by atoms with Gasteiger partial charge in [-0.1, -0.05) is 25.8 Å². The molecule has 0 heterocycles. The summed E-state index contributed by atoms with van der Waals surface area (Å²) in [6.07, 6.45) is 0.993. The molecule has 0 spiro atoms. The molecule has 0 saturated carbocycles. The average Bonchev–Trinajstić information content (AvgIpc) is 2.47. The minimum atomic E-state index is -0.286. The van der Waals surface area contributed by atoms with Crippen LogP contribution in [0, 0.1) is 17.8 Å². The molecule has 120 valence electrons. The van der Waals surface area contributed by atoms with E-state index in [0.717, 1.165) is 17.7 Å². The van der Waals surface area contributed by atoms with Crippen LogP contribution in [0.4, 0.5) is 0 Å². The Hall–Kier alpha value is -2.15. The van der Waals surface area contributed by atoms with Gasteiger partial charge in [-0.15, -0.1) is 0 Å². The molecule has 0 aliphatic rings. The summed E-state index contributed by atoms with van der Waals surface area (Å²) >= 11 is 0. The number of rotatable bonds is 7. The van der Waals surface area contributed by atoms with Crippen LogP contribution in [0.25, 0.3) is 0 Å². The Kier molecular flexibility index (Phi) is 7.31. The van der Waals surface area contributed by atoms with Crippen molar-refractivity contribution in [2.24, 2.45) is 5.92 Å². The van der Waals surface area contributed by atoms with Gasteiger partial charge in [-0.25, -0.2) is 0 Å². The lowest BCUT2D eigenvalue weighted by molar-refractivity contribution is -0.116. The molecule has 1 amide bonds. The highest BCUT2D eigenvalue weighted by Gasteiger charge is 2.12. The second kappa shape index (κ2) is 8.99. The van der Waals surface area contributed by atoms with Gasteiger partial charge >= 0.3 is 0 Å². The fourth-order valence-corrected chi connectivity index (χ4v) is 1.91. The van der Waals surface area contributed by atoms with Crippen LogP contribution in [0.2, 0.25) is 0 Å². The Morgan fingerprint density at radius 2 is 2.00 bits per heavy atom. The number of amides is 1. The Bertz CT molecular complexity index is 555. The summed E-state index contributed by atoms with van der Waals surface area (Å²) in [5.74, 6) is 6.75. The monoisotopic (exact) mass is 303 g/mol. The van der Waals surface area contributed by atoms with Gasteiger partial charge in [0.1, 0.15) is 0 Å². The van der Waals surface area contributed by atoms with Crippen LogP contribution < -0.4 is 14.8 Å². The SMILES string of the molecule is CC#CC(=O)N[C@@H](C)c1ccc(OCCC(C)C)c(OC)c1. The number of carbonyl (C=O) groups excluding carboxylic acids is 1. The molecule has 1 atom stereocenters. The molecular formula is C18H25NO3. The first kappa shape index (κ1) is 17.9. The molecule has 0 fully saturated rings. The second-order valence-electron chi connectivity index (χ2n) is 5.51. The predicted molar refractivity (Wildman–Crippen MR) is 88.0 cm³/mol. The zero-order chi connectivity index (χ0) is 16.5. The van der Waals surface area contributed by atoms with E-state index in [1.54, 1.807) is 14.0 Å². The van der Waals surface area contributed by atoms with Crippen molar-refractivity contribution in [3.63, 3.8) is 0 Å². The lowest BCUT2D eigenvalue weighted by atomic mass is 10.1. The van der Waals surface area contributed by atoms with Gasteiger partial charge in [-0.3, -0.25) is 4.79 Å². The molecule has 4 nitrogen and oxygen atoms in total. The Labute approximate surface area is 133 Å². The van der Waals surface area contributed by atoms with Crippen molar-refractivity contribution in [1.82, 2.24) is 5.32 Å². The number of hydrogen-bond acceptors (Lipinski definition) is 3. The quantitative estimate of drug-likeness (QED) is 0.786. The van der Waals surface area contributed by atoms with Gasteiger partial charge in [0, 0.05) is 0 Å². The van der Waals surface area contributed by atoms with Gasteiger partial charge in [0.15, 0.2) is 11.5 Å². The summed E-state index contributed by atoms with van der Waals surface area (Å²) < 4.78 is 11.1. The second-order valence-corrected chi connectivity index (χ2v) is 5.51. The molecule has 1 rings (SSSR count). The first-order valence-corrected chi connectivity index (χ1v) is 7.51. The fourth-order valence-electron chi connectivity index (χ4n) is 1.91. The van der Waals surface area contributed by atoms with E-state index < -0.39 is 0 Å². The van der Waals surface area contributed by atoms with Crippen molar-refractivity contribution in [2.75, 3.05) is 13.7 Å². The fraction of sp³-hybridized carbons (Fsp3) is 0.500. The number of nitrogens with one attached hydrogen (secondary N) is 1. The molecule has 0 aliphatic carbocycles. The molecule has 1 aromatic rings. The van der Waals surface area contributed by atoms with E-state index in [0.29, 0.717) is 18.3 Å². The Morgan fingerprint density at radius 1 is 1.27 bits per heavy atom. The smallest absolute Gasteiger partial charge is 0.296 e. The summed E-state index contributed by atoms with van der Waals surface area (Å²) in [5.41, 5.74) is 0.944. The largest absolute Gasteiger partial charge is 0.493 e. The van der Waals surface area contributed by atoms with Crippen LogP contribution in [0.3, 0.4) is 0 Å². The maximum absolute atomic E-state index is 11.5. The van der Waals surface area contributed by atoms with Crippen molar-refractivity contribution < 1.29 is 14.3 Å². The van der Waals surface area contributed by atoms with Crippen LogP contribution in [-0.4, -0.2) is 19.6 Å². The van der Waals surface area contributed by atoms with Gasteiger partial charge in [-0.2, -0.15) is 0 Å². The van der Waals surface area contributed by atoms with E-state index in [1.165, 1.54) is 0 Å². The lowest BCUT2D eigenvalue weighted by Gasteiger charge is -2.16. The Balaban J connectivity index is 2.78. The third kappa shape index (κ3) is 5.69. The number of methoxy groups -OCH3 is 1. The summed E-state index contributed by atoms with van der Waals surface area (Å²) in [6, 6.07) is 5.54. The first-order chi connectivity index (χ1) is 10.5. The molecular weight excluding hydrogens is 278 g/mol. The molecule has 0 radical (unpaired) electrons. The van der Waals surface area contributed by atoms with Crippen LogP contribution in [0.15, 0.2) is 18.2 Å². The molecule has 4 heteroatoms.